The number of rotatable bonds is 7. The van der Waals surface area contributed by atoms with Crippen LogP contribution < -0.4 is 5.32 Å². The molecule has 1 heterocycles. The van der Waals surface area contributed by atoms with Gasteiger partial charge in [0, 0.05) is 24.8 Å². The number of nitriles is 1. The Morgan fingerprint density at radius 1 is 1.52 bits per heavy atom. The van der Waals surface area contributed by atoms with Crippen LogP contribution in [0.5, 0.6) is 0 Å². The van der Waals surface area contributed by atoms with Gasteiger partial charge in [-0.15, -0.1) is 0 Å². The number of hydrogen-bond donors (Lipinski definition) is 1. The van der Waals surface area contributed by atoms with Gasteiger partial charge in [0.05, 0.1) is 19.0 Å². The smallest absolute Gasteiger partial charge is 0.245 e. The molecule has 1 amide bonds. The monoisotopic (exact) mass is 317 g/mol. The molecule has 1 aliphatic rings. The Hall–Kier alpha value is -2.03. The standard InChI is InChI=1S/C17H27N5O/c1-3-22(15-8-5-4-6-9-15)17(23)14(2)19-16-10-13-21(20-16)12-7-11-18/h10,13-15H,3-9,12H2,1-2H3,(H,19,20). The molecule has 0 bridgehead atoms. The second-order valence-corrected chi connectivity index (χ2v) is 6.15. The summed E-state index contributed by atoms with van der Waals surface area (Å²) < 4.78 is 1.72. The number of aromatic nitrogens is 2. The quantitative estimate of drug-likeness (QED) is 0.839. The molecule has 1 N–H and O–H groups in total. The summed E-state index contributed by atoms with van der Waals surface area (Å²) in [6, 6.07) is 4.04. The van der Waals surface area contributed by atoms with Crippen LogP contribution in [0.25, 0.3) is 0 Å². The molecule has 6 nitrogen and oxygen atoms in total. The van der Waals surface area contributed by atoms with Gasteiger partial charge in [0.25, 0.3) is 0 Å². The molecule has 2 rings (SSSR count). The van der Waals surface area contributed by atoms with E-state index >= 15 is 0 Å². The van der Waals surface area contributed by atoms with Crippen molar-refractivity contribution in [2.45, 2.75) is 71.0 Å². The van der Waals surface area contributed by atoms with Crippen molar-refractivity contribution < 1.29 is 4.79 Å². The molecule has 1 unspecified atom stereocenters. The molecule has 0 radical (unpaired) electrons. The number of amides is 1. The maximum Gasteiger partial charge on any atom is 0.245 e. The van der Waals surface area contributed by atoms with Gasteiger partial charge in [-0.3, -0.25) is 9.48 Å². The summed E-state index contributed by atoms with van der Waals surface area (Å²) in [6.07, 6.45) is 8.23. The average Bonchev–Trinajstić information content (AvgIpc) is 3.02. The SMILES string of the molecule is CCN(C(=O)C(C)Nc1ccn(CCC#N)n1)C1CCCCC1. The normalized spacial score (nSPS) is 16.6. The molecule has 126 valence electrons. The molecular formula is C17H27N5O. The van der Waals surface area contributed by atoms with Crippen molar-refractivity contribution in [2.75, 3.05) is 11.9 Å². The van der Waals surface area contributed by atoms with Gasteiger partial charge in [-0.25, -0.2) is 0 Å². The lowest BCUT2D eigenvalue weighted by Gasteiger charge is -2.35. The number of aryl methyl sites for hydroxylation is 1. The summed E-state index contributed by atoms with van der Waals surface area (Å²) in [6.45, 7) is 5.27. The second-order valence-electron chi connectivity index (χ2n) is 6.15. The fourth-order valence-electron chi connectivity index (χ4n) is 3.25. The maximum absolute atomic E-state index is 12.7. The molecule has 1 atom stereocenters. The van der Waals surface area contributed by atoms with Crippen LogP contribution in [-0.4, -0.2) is 39.2 Å². The Morgan fingerprint density at radius 2 is 2.26 bits per heavy atom. The summed E-state index contributed by atoms with van der Waals surface area (Å²) in [5.41, 5.74) is 0. The van der Waals surface area contributed by atoms with E-state index < -0.39 is 0 Å². The molecule has 0 saturated heterocycles. The number of carbonyl (C=O) groups is 1. The zero-order chi connectivity index (χ0) is 16.7. The Morgan fingerprint density at radius 3 is 2.91 bits per heavy atom. The van der Waals surface area contributed by atoms with E-state index in [0.717, 1.165) is 19.4 Å². The zero-order valence-electron chi connectivity index (χ0n) is 14.2. The molecule has 1 aliphatic carbocycles. The summed E-state index contributed by atoms with van der Waals surface area (Å²) in [7, 11) is 0. The van der Waals surface area contributed by atoms with Crippen LogP contribution in [0, 0.1) is 11.3 Å². The Balaban J connectivity index is 1.92. The topological polar surface area (TPSA) is 74.0 Å². The largest absolute Gasteiger partial charge is 0.357 e. The lowest BCUT2D eigenvalue weighted by atomic mass is 9.94. The highest BCUT2D eigenvalue weighted by Crippen LogP contribution is 2.23. The third-order valence-corrected chi connectivity index (χ3v) is 4.47. The molecule has 0 spiro atoms. The van der Waals surface area contributed by atoms with Crippen molar-refractivity contribution in [3.8, 4) is 6.07 Å². The van der Waals surface area contributed by atoms with Gasteiger partial charge in [-0.2, -0.15) is 10.4 Å². The van der Waals surface area contributed by atoms with Gasteiger partial charge in [-0.05, 0) is 26.7 Å². The summed E-state index contributed by atoms with van der Waals surface area (Å²) in [5.74, 6) is 0.828. The zero-order valence-corrected chi connectivity index (χ0v) is 14.2. The molecule has 0 aromatic carbocycles. The predicted molar refractivity (Wildman–Crippen MR) is 89.8 cm³/mol. The molecule has 1 aromatic rings. The van der Waals surface area contributed by atoms with Crippen molar-refractivity contribution in [1.82, 2.24) is 14.7 Å². The average molecular weight is 317 g/mol. The van der Waals surface area contributed by atoms with Crippen LogP contribution in [0.15, 0.2) is 12.3 Å². The van der Waals surface area contributed by atoms with Gasteiger partial charge in [0.15, 0.2) is 0 Å². The van der Waals surface area contributed by atoms with Crippen LogP contribution in [-0.2, 0) is 11.3 Å². The number of likely N-dealkylation sites (N-methyl/N-ethyl adjacent to an activating group) is 1. The molecule has 1 aromatic heterocycles. The number of carbonyl (C=O) groups excluding carboxylic acids is 1. The number of anilines is 1. The highest BCUT2D eigenvalue weighted by atomic mass is 16.2. The lowest BCUT2D eigenvalue weighted by Crippen LogP contribution is -2.47. The molecule has 1 saturated carbocycles. The van der Waals surface area contributed by atoms with Crippen LogP contribution in [0.1, 0.15) is 52.4 Å². The van der Waals surface area contributed by atoms with E-state index in [1.807, 2.05) is 24.1 Å². The first-order chi connectivity index (χ1) is 11.2. The lowest BCUT2D eigenvalue weighted by molar-refractivity contribution is -0.134. The number of hydrogen-bond acceptors (Lipinski definition) is 4. The minimum absolute atomic E-state index is 0.144. The molecule has 0 aliphatic heterocycles. The first-order valence-corrected chi connectivity index (χ1v) is 8.63. The first kappa shape index (κ1) is 17.3. The third kappa shape index (κ3) is 4.72. The van der Waals surface area contributed by atoms with Gasteiger partial charge in [0.1, 0.15) is 11.9 Å². The van der Waals surface area contributed by atoms with E-state index in [-0.39, 0.29) is 11.9 Å². The van der Waals surface area contributed by atoms with E-state index in [0.29, 0.717) is 24.8 Å². The molecule has 1 fully saturated rings. The number of nitrogens with zero attached hydrogens (tertiary/aromatic N) is 4. The Labute approximate surface area is 138 Å². The highest BCUT2D eigenvalue weighted by Gasteiger charge is 2.27. The minimum Gasteiger partial charge on any atom is -0.357 e. The van der Waals surface area contributed by atoms with E-state index in [4.69, 9.17) is 5.26 Å². The third-order valence-electron chi connectivity index (χ3n) is 4.47. The van der Waals surface area contributed by atoms with Crippen LogP contribution in [0.2, 0.25) is 0 Å². The van der Waals surface area contributed by atoms with Crippen molar-refractivity contribution in [2.24, 2.45) is 0 Å². The summed E-state index contributed by atoms with van der Waals surface area (Å²) >= 11 is 0. The summed E-state index contributed by atoms with van der Waals surface area (Å²) in [4.78, 5) is 14.8. The van der Waals surface area contributed by atoms with E-state index in [9.17, 15) is 4.79 Å². The molecule has 23 heavy (non-hydrogen) atoms. The maximum atomic E-state index is 12.7. The first-order valence-electron chi connectivity index (χ1n) is 8.63. The van der Waals surface area contributed by atoms with E-state index in [1.54, 1.807) is 4.68 Å². The van der Waals surface area contributed by atoms with Gasteiger partial charge in [0.2, 0.25) is 5.91 Å². The van der Waals surface area contributed by atoms with Crippen molar-refractivity contribution in [1.29, 1.82) is 5.26 Å². The summed E-state index contributed by atoms with van der Waals surface area (Å²) in [5, 5.41) is 16.1. The Bertz CT molecular complexity index is 541. The van der Waals surface area contributed by atoms with Gasteiger partial charge < -0.3 is 10.2 Å². The van der Waals surface area contributed by atoms with Crippen molar-refractivity contribution in [3.05, 3.63) is 12.3 Å². The number of nitrogens with one attached hydrogen (secondary N) is 1. The molecular weight excluding hydrogens is 290 g/mol. The van der Waals surface area contributed by atoms with E-state index in [2.05, 4.69) is 23.4 Å². The van der Waals surface area contributed by atoms with Crippen LogP contribution in [0.4, 0.5) is 5.82 Å². The van der Waals surface area contributed by atoms with E-state index in [1.165, 1.54) is 19.3 Å². The Kier molecular flexibility index (Phi) is 6.45. The predicted octanol–water partition coefficient (Wildman–Crippen LogP) is 2.78. The van der Waals surface area contributed by atoms with Gasteiger partial charge in [-0.1, -0.05) is 19.3 Å². The van der Waals surface area contributed by atoms with Gasteiger partial charge >= 0.3 is 0 Å². The fourth-order valence-corrected chi connectivity index (χ4v) is 3.25. The van der Waals surface area contributed by atoms with Crippen molar-refractivity contribution >= 4 is 11.7 Å². The minimum atomic E-state index is -0.295. The fraction of sp³-hybridized carbons (Fsp3) is 0.706. The van der Waals surface area contributed by atoms with Crippen LogP contribution in [0.3, 0.4) is 0 Å². The van der Waals surface area contributed by atoms with Crippen molar-refractivity contribution in [3.63, 3.8) is 0 Å². The second kappa shape index (κ2) is 8.56. The highest BCUT2D eigenvalue weighted by molar-refractivity contribution is 5.84. The molecule has 6 heteroatoms. The van der Waals surface area contributed by atoms with Crippen LogP contribution >= 0.6 is 0 Å².